The van der Waals surface area contributed by atoms with E-state index in [1.807, 2.05) is 31.2 Å². The predicted octanol–water partition coefficient (Wildman–Crippen LogP) is 5.20. The van der Waals surface area contributed by atoms with E-state index >= 15 is 0 Å². The molecule has 1 aliphatic rings. The Balaban J connectivity index is 1.67. The number of carbonyl (C=O) groups excluding carboxylic acids is 1. The number of piperidine rings is 1. The summed E-state index contributed by atoms with van der Waals surface area (Å²) in [5.41, 5.74) is 5.39. The molecule has 1 saturated heterocycles. The summed E-state index contributed by atoms with van der Waals surface area (Å²) in [6.45, 7) is 6.18. The van der Waals surface area contributed by atoms with Crippen molar-refractivity contribution in [3.8, 4) is 0 Å². The number of esters is 1. The highest BCUT2D eigenvalue weighted by atomic mass is 35.5. The number of rotatable bonds is 4. The molecule has 1 fully saturated rings. The van der Waals surface area contributed by atoms with Crippen LogP contribution in [-0.4, -0.2) is 26.2 Å². The first-order valence-electron chi connectivity index (χ1n) is 9.17. The standard InChI is InChI=1S/C22H26ClNO2/c1-15-11-16(2)21(22(25)26-3)13-18(15)12-17-7-9-24(10-8-17)20-6-4-5-19(23)14-20/h4-6,11,13-14,17H,7-10,12H2,1-3H3. The summed E-state index contributed by atoms with van der Waals surface area (Å²) in [6, 6.07) is 12.2. The molecule has 0 N–H and O–H groups in total. The number of hydrogen-bond donors (Lipinski definition) is 0. The van der Waals surface area contributed by atoms with Crippen LogP contribution < -0.4 is 4.90 Å². The number of benzene rings is 2. The number of ether oxygens (including phenoxy) is 1. The maximum absolute atomic E-state index is 12.0. The Kier molecular flexibility index (Phi) is 5.87. The fourth-order valence-corrected chi connectivity index (χ4v) is 4.01. The average molecular weight is 372 g/mol. The molecule has 1 heterocycles. The van der Waals surface area contributed by atoms with Gasteiger partial charge in [0.1, 0.15) is 0 Å². The molecule has 138 valence electrons. The highest BCUT2D eigenvalue weighted by molar-refractivity contribution is 6.30. The van der Waals surface area contributed by atoms with Crippen LogP contribution in [0.2, 0.25) is 5.02 Å². The van der Waals surface area contributed by atoms with Crippen molar-refractivity contribution in [3.05, 3.63) is 63.7 Å². The molecule has 4 heteroatoms. The minimum absolute atomic E-state index is 0.250. The van der Waals surface area contributed by atoms with Crippen LogP contribution in [0.3, 0.4) is 0 Å². The molecule has 2 aromatic rings. The van der Waals surface area contributed by atoms with Gasteiger partial charge in [0.25, 0.3) is 0 Å². The van der Waals surface area contributed by atoms with Gasteiger partial charge in [-0.25, -0.2) is 4.79 Å². The van der Waals surface area contributed by atoms with E-state index in [1.54, 1.807) is 0 Å². The van der Waals surface area contributed by atoms with Gasteiger partial charge in [0, 0.05) is 23.8 Å². The summed E-state index contributed by atoms with van der Waals surface area (Å²) in [6.07, 6.45) is 3.31. The van der Waals surface area contributed by atoms with E-state index in [2.05, 4.69) is 24.0 Å². The lowest BCUT2D eigenvalue weighted by atomic mass is 9.87. The molecule has 0 amide bonds. The van der Waals surface area contributed by atoms with Crippen LogP contribution in [-0.2, 0) is 11.2 Å². The number of anilines is 1. The topological polar surface area (TPSA) is 29.5 Å². The molecular weight excluding hydrogens is 346 g/mol. The largest absolute Gasteiger partial charge is 0.465 e. The molecule has 0 aromatic heterocycles. The van der Waals surface area contributed by atoms with Crippen LogP contribution in [0, 0.1) is 19.8 Å². The van der Waals surface area contributed by atoms with Crippen LogP contribution in [0.5, 0.6) is 0 Å². The molecular formula is C22H26ClNO2. The molecule has 1 aliphatic heterocycles. The van der Waals surface area contributed by atoms with Crippen molar-refractivity contribution in [2.75, 3.05) is 25.1 Å². The maximum Gasteiger partial charge on any atom is 0.338 e. The van der Waals surface area contributed by atoms with E-state index in [9.17, 15) is 4.79 Å². The van der Waals surface area contributed by atoms with Crippen molar-refractivity contribution in [2.45, 2.75) is 33.1 Å². The molecule has 0 bridgehead atoms. The van der Waals surface area contributed by atoms with Crippen molar-refractivity contribution in [3.63, 3.8) is 0 Å². The monoisotopic (exact) mass is 371 g/mol. The van der Waals surface area contributed by atoms with E-state index in [0.29, 0.717) is 11.5 Å². The van der Waals surface area contributed by atoms with Gasteiger partial charge in [-0.05, 0) is 80.0 Å². The van der Waals surface area contributed by atoms with Gasteiger partial charge in [-0.3, -0.25) is 0 Å². The van der Waals surface area contributed by atoms with Crippen molar-refractivity contribution in [1.82, 2.24) is 0 Å². The fraction of sp³-hybridized carbons (Fsp3) is 0.409. The Bertz CT molecular complexity index is 795. The SMILES string of the molecule is COC(=O)c1cc(CC2CCN(c3cccc(Cl)c3)CC2)c(C)cc1C. The lowest BCUT2D eigenvalue weighted by molar-refractivity contribution is 0.0599. The van der Waals surface area contributed by atoms with E-state index in [-0.39, 0.29) is 5.97 Å². The first-order chi connectivity index (χ1) is 12.5. The second kappa shape index (κ2) is 8.13. The smallest absolute Gasteiger partial charge is 0.338 e. The molecule has 0 spiro atoms. The minimum Gasteiger partial charge on any atom is -0.465 e. The van der Waals surface area contributed by atoms with Gasteiger partial charge < -0.3 is 9.64 Å². The van der Waals surface area contributed by atoms with E-state index in [4.69, 9.17) is 16.3 Å². The Morgan fingerprint density at radius 1 is 1.15 bits per heavy atom. The molecule has 3 nitrogen and oxygen atoms in total. The van der Waals surface area contributed by atoms with Gasteiger partial charge in [0.2, 0.25) is 0 Å². The summed E-state index contributed by atoms with van der Waals surface area (Å²) in [7, 11) is 1.44. The molecule has 0 unspecified atom stereocenters. The summed E-state index contributed by atoms with van der Waals surface area (Å²) >= 11 is 6.12. The third-order valence-corrected chi connectivity index (χ3v) is 5.62. The van der Waals surface area contributed by atoms with Crippen LogP contribution in [0.15, 0.2) is 36.4 Å². The fourth-order valence-electron chi connectivity index (χ4n) is 3.83. The molecule has 3 rings (SSSR count). The summed E-state index contributed by atoms with van der Waals surface area (Å²) in [5.74, 6) is 0.386. The van der Waals surface area contributed by atoms with Crippen molar-refractivity contribution in [1.29, 1.82) is 0 Å². The molecule has 0 atom stereocenters. The third-order valence-electron chi connectivity index (χ3n) is 5.38. The van der Waals surface area contributed by atoms with Crippen LogP contribution in [0.25, 0.3) is 0 Å². The van der Waals surface area contributed by atoms with Gasteiger partial charge in [-0.15, -0.1) is 0 Å². The molecule has 0 saturated carbocycles. The van der Waals surface area contributed by atoms with E-state index in [0.717, 1.165) is 42.9 Å². The number of hydrogen-bond acceptors (Lipinski definition) is 3. The number of halogens is 1. The Labute approximate surface area is 160 Å². The number of methoxy groups -OCH3 is 1. The maximum atomic E-state index is 12.0. The number of nitrogens with zero attached hydrogens (tertiary/aromatic N) is 1. The molecule has 26 heavy (non-hydrogen) atoms. The average Bonchev–Trinajstić information content (AvgIpc) is 2.64. The highest BCUT2D eigenvalue weighted by Gasteiger charge is 2.21. The Morgan fingerprint density at radius 2 is 1.88 bits per heavy atom. The van der Waals surface area contributed by atoms with E-state index < -0.39 is 0 Å². The van der Waals surface area contributed by atoms with Gasteiger partial charge in [-0.1, -0.05) is 23.7 Å². The van der Waals surface area contributed by atoms with Crippen molar-refractivity contribution in [2.24, 2.45) is 5.92 Å². The lowest BCUT2D eigenvalue weighted by Crippen LogP contribution is -2.34. The second-order valence-electron chi connectivity index (χ2n) is 7.20. The van der Waals surface area contributed by atoms with Crippen LogP contribution >= 0.6 is 11.6 Å². The quantitative estimate of drug-likeness (QED) is 0.691. The first-order valence-corrected chi connectivity index (χ1v) is 9.54. The van der Waals surface area contributed by atoms with Gasteiger partial charge in [-0.2, -0.15) is 0 Å². The summed E-state index contributed by atoms with van der Waals surface area (Å²) in [5, 5.41) is 0.787. The van der Waals surface area contributed by atoms with Gasteiger partial charge in [0.15, 0.2) is 0 Å². The molecule has 2 aromatic carbocycles. The van der Waals surface area contributed by atoms with Gasteiger partial charge >= 0.3 is 5.97 Å². The predicted molar refractivity (Wildman–Crippen MR) is 107 cm³/mol. The highest BCUT2D eigenvalue weighted by Crippen LogP contribution is 2.29. The number of aryl methyl sites for hydroxylation is 2. The lowest BCUT2D eigenvalue weighted by Gasteiger charge is -2.34. The zero-order valence-electron chi connectivity index (χ0n) is 15.7. The third kappa shape index (κ3) is 4.21. The molecule has 0 radical (unpaired) electrons. The number of carbonyl (C=O) groups is 1. The minimum atomic E-state index is -0.250. The first kappa shape index (κ1) is 18.8. The second-order valence-corrected chi connectivity index (χ2v) is 7.64. The van der Waals surface area contributed by atoms with Gasteiger partial charge in [0.05, 0.1) is 12.7 Å². The Hall–Kier alpha value is -2.00. The van der Waals surface area contributed by atoms with Crippen LogP contribution in [0.1, 0.15) is 39.9 Å². The summed E-state index contributed by atoms with van der Waals surface area (Å²) in [4.78, 5) is 14.4. The molecule has 0 aliphatic carbocycles. The van der Waals surface area contributed by atoms with Crippen molar-refractivity contribution >= 4 is 23.3 Å². The zero-order chi connectivity index (χ0) is 18.7. The van der Waals surface area contributed by atoms with E-state index in [1.165, 1.54) is 23.9 Å². The van der Waals surface area contributed by atoms with Crippen LogP contribution in [0.4, 0.5) is 5.69 Å². The normalized spacial score (nSPS) is 15.2. The zero-order valence-corrected chi connectivity index (χ0v) is 16.5. The van der Waals surface area contributed by atoms with Crippen molar-refractivity contribution < 1.29 is 9.53 Å². The Morgan fingerprint density at radius 3 is 2.54 bits per heavy atom. The summed E-state index contributed by atoms with van der Waals surface area (Å²) < 4.78 is 4.92.